The lowest BCUT2D eigenvalue weighted by Crippen LogP contribution is -2.51. The van der Waals surface area contributed by atoms with E-state index >= 15 is 4.39 Å². The minimum absolute atomic E-state index is 0.0519. The fourth-order valence-electron chi connectivity index (χ4n) is 5.07. The van der Waals surface area contributed by atoms with Gasteiger partial charge >= 0.3 is 18.2 Å². The second-order valence-corrected chi connectivity index (χ2v) is 12.4. The van der Waals surface area contributed by atoms with Gasteiger partial charge in [0.2, 0.25) is 5.91 Å². The van der Waals surface area contributed by atoms with Crippen molar-refractivity contribution in [2.75, 3.05) is 12.4 Å². The summed E-state index contributed by atoms with van der Waals surface area (Å²) in [5.41, 5.74) is -2.54. The molecule has 10 heteroatoms. The van der Waals surface area contributed by atoms with E-state index in [2.05, 4.69) is 5.32 Å². The maximum atomic E-state index is 15.1. The molecule has 1 aromatic rings. The first-order chi connectivity index (χ1) is 17.5. The normalized spacial score (nSPS) is 22.8. The summed E-state index contributed by atoms with van der Waals surface area (Å²) in [5.74, 6) is -1.11. The first-order valence-electron chi connectivity index (χ1n) is 12.9. The van der Waals surface area contributed by atoms with Crippen molar-refractivity contribution in [3.8, 4) is 0 Å². The van der Waals surface area contributed by atoms with Crippen LogP contribution in [0.3, 0.4) is 0 Å². The molecule has 0 spiro atoms. The number of ether oxygens (including phenoxy) is 3. The van der Waals surface area contributed by atoms with Crippen LogP contribution in [0.2, 0.25) is 0 Å². The van der Waals surface area contributed by atoms with Gasteiger partial charge in [-0.2, -0.15) is 0 Å². The van der Waals surface area contributed by atoms with Crippen LogP contribution in [0.15, 0.2) is 18.2 Å². The van der Waals surface area contributed by atoms with E-state index in [1.807, 2.05) is 0 Å². The predicted octanol–water partition coefficient (Wildman–Crippen LogP) is 5.95. The van der Waals surface area contributed by atoms with Crippen LogP contribution in [0.4, 0.5) is 19.7 Å². The van der Waals surface area contributed by atoms with Crippen molar-refractivity contribution in [2.24, 2.45) is 10.8 Å². The number of fused-ring (bicyclic) bond motifs is 3. The Hall–Kier alpha value is -3.17. The highest BCUT2D eigenvalue weighted by Gasteiger charge is 2.56. The van der Waals surface area contributed by atoms with Gasteiger partial charge in [0.25, 0.3) is 0 Å². The summed E-state index contributed by atoms with van der Waals surface area (Å²) in [6, 6.07) is 4.10. The van der Waals surface area contributed by atoms with E-state index in [9.17, 15) is 19.2 Å². The minimum Gasteiger partial charge on any atom is -0.469 e. The summed E-state index contributed by atoms with van der Waals surface area (Å²) in [6.45, 7) is 9.53. The summed E-state index contributed by atoms with van der Waals surface area (Å²) >= 11 is 0. The van der Waals surface area contributed by atoms with Gasteiger partial charge in [0.05, 0.1) is 19.1 Å². The van der Waals surface area contributed by atoms with E-state index in [0.29, 0.717) is 43.4 Å². The van der Waals surface area contributed by atoms with Crippen molar-refractivity contribution in [1.29, 1.82) is 0 Å². The number of nitrogens with one attached hydrogen (secondary N) is 1. The number of esters is 1. The maximum Gasteiger partial charge on any atom is 0.420 e. The highest BCUT2D eigenvalue weighted by molar-refractivity contribution is 5.96. The molecule has 38 heavy (non-hydrogen) atoms. The molecule has 4 rings (SSSR count). The molecule has 3 saturated carbocycles. The number of halogens is 1. The molecule has 0 aliphatic heterocycles. The van der Waals surface area contributed by atoms with Crippen LogP contribution in [0, 0.1) is 16.6 Å². The summed E-state index contributed by atoms with van der Waals surface area (Å²) in [4.78, 5) is 51.7. The molecule has 1 aromatic carbocycles. The molecule has 0 heterocycles. The van der Waals surface area contributed by atoms with E-state index in [1.54, 1.807) is 41.5 Å². The molecule has 3 fully saturated rings. The minimum atomic E-state index is -0.958. The summed E-state index contributed by atoms with van der Waals surface area (Å²) < 4.78 is 30.8. The largest absolute Gasteiger partial charge is 0.469 e. The van der Waals surface area contributed by atoms with Crippen LogP contribution in [0.1, 0.15) is 85.6 Å². The van der Waals surface area contributed by atoms with Crippen molar-refractivity contribution in [3.05, 3.63) is 29.6 Å². The SMILES string of the molecule is COC(=O)C12CCC(C(=O)Nc3ccc(CN(C(=O)OC(C)(C)C)C(=O)OC(C)(C)C)c(F)c3)(CC1)CC2. The number of benzene rings is 1. The number of rotatable bonds is 5. The Morgan fingerprint density at radius 1 is 0.868 bits per heavy atom. The topological polar surface area (TPSA) is 111 Å². The molecule has 0 atom stereocenters. The number of anilines is 1. The van der Waals surface area contributed by atoms with E-state index in [1.165, 1.54) is 19.2 Å². The lowest BCUT2D eigenvalue weighted by Gasteiger charge is -2.50. The molecule has 0 aromatic heterocycles. The number of imide groups is 1. The Balaban J connectivity index is 1.72. The van der Waals surface area contributed by atoms with Gasteiger partial charge < -0.3 is 19.5 Å². The number of hydrogen-bond acceptors (Lipinski definition) is 7. The molecule has 2 bridgehead atoms. The summed E-state index contributed by atoms with van der Waals surface area (Å²) in [5, 5.41) is 2.82. The fraction of sp³-hybridized carbons (Fsp3) is 0.643. The lowest BCUT2D eigenvalue weighted by molar-refractivity contribution is -0.165. The number of carbonyl (C=O) groups excluding carboxylic acids is 4. The Morgan fingerprint density at radius 3 is 1.76 bits per heavy atom. The van der Waals surface area contributed by atoms with Gasteiger partial charge in [-0.25, -0.2) is 18.9 Å². The van der Waals surface area contributed by atoms with Gasteiger partial charge in [-0.3, -0.25) is 9.59 Å². The van der Waals surface area contributed by atoms with Gasteiger partial charge in [-0.1, -0.05) is 6.07 Å². The highest BCUT2D eigenvalue weighted by atomic mass is 19.1. The zero-order valence-electron chi connectivity index (χ0n) is 23.4. The molecular formula is C28H39FN2O7. The van der Waals surface area contributed by atoms with Gasteiger partial charge in [-0.15, -0.1) is 0 Å². The Kier molecular flexibility index (Phi) is 8.15. The standard InChI is InChI=1S/C28H39FN2O7/c1-25(2,3)37-23(34)31(24(35)38-26(4,5)6)17-18-8-9-19(16-20(18)29)30-21(32)27-10-13-28(14-11-27,15-12-27)22(33)36-7/h8-9,16H,10-15,17H2,1-7H3,(H,30,32). The number of hydrogen-bond donors (Lipinski definition) is 1. The second kappa shape index (κ2) is 10.5. The zero-order chi connectivity index (χ0) is 28.5. The van der Waals surface area contributed by atoms with Crippen molar-refractivity contribution in [1.82, 2.24) is 4.90 Å². The van der Waals surface area contributed by atoms with E-state index in [4.69, 9.17) is 14.2 Å². The zero-order valence-corrected chi connectivity index (χ0v) is 23.4. The van der Waals surface area contributed by atoms with Crippen LogP contribution >= 0.6 is 0 Å². The predicted molar refractivity (Wildman–Crippen MR) is 138 cm³/mol. The lowest BCUT2D eigenvalue weighted by atomic mass is 9.53. The molecule has 3 aliphatic rings. The third kappa shape index (κ3) is 6.63. The monoisotopic (exact) mass is 534 g/mol. The molecule has 3 aliphatic carbocycles. The van der Waals surface area contributed by atoms with Crippen LogP contribution in [0.25, 0.3) is 0 Å². The number of carbonyl (C=O) groups is 4. The van der Waals surface area contributed by atoms with Crippen molar-refractivity contribution in [3.63, 3.8) is 0 Å². The Labute approximate surface area is 223 Å². The van der Waals surface area contributed by atoms with Crippen LogP contribution in [0.5, 0.6) is 0 Å². The first-order valence-corrected chi connectivity index (χ1v) is 12.9. The third-order valence-electron chi connectivity index (χ3n) is 7.21. The number of nitrogens with zero attached hydrogens (tertiary/aromatic N) is 1. The Morgan fingerprint density at radius 2 is 1.34 bits per heavy atom. The fourth-order valence-corrected chi connectivity index (χ4v) is 5.07. The molecule has 3 amide bonds. The van der Waals surface area contributed by atoms with Gasteiger partial charge in [0, 0.05) is 16.7 Å². The quantitative estimate of drug-likeness (QED) is 0.367. The second-order valence-electron chi connectivity index (χ2n) is 12.4. The molecule has 0 radical (unpaired) electrons. The van der Waals surface area contributed by atoms with E-state index in [0.717, 1.165) is 6.07 Å². The highest BCUT2D eigenvalue weighted by Crippen LogP contribution is 2.57. The average molecular weight is 535 g/mol. The molecular weight excluding hydrogens is 495 g/mol. The van der Waals surface area contributed by atoms with Gasteiger partial charge in [0.15, 0.2) is 0 Å². The van der Waals surface area contributed by atoms with E-state index < -0.39 is 46.6 Å². The molecule has 1 N–H and O–H groups in total. The molecule has 0 saturated heterocycles. The maximum absolute atomic E-state index is 15.1. The number of methoxy groups -OCH3 is 1. The van der Waals surface area contributed by atoms with Crippen molar-refractivity contribution in [2.45, 2.75) is 97.8 Å². The Bertz CT molecular complexity index is 1050. The van der Waals surface area contributed by atoms with Crippen LogP contribution in [-0.4, -0.2) is 47.3 Å². The summed E-state index contributed by atoms with van der Waals surface area (Å²) in [6.07, 6.45) is 1.54. The van der Waals surface area contributed by atoms with Gasteiger partial charge in [-0.05, 0) is 92.2 Å². The molecule has 210 valence electrons. The summed E-state index contributed by atoms with van der Waals surface area (Å²) in [7, 11) is 1.39. The average Bonchev–Trinajstić information content (AvgIpc) is 2.81. The van der Waals surface area contributed by atoms with Crippen LogP contribution < -0.4 is 5.32 Å². The van der Waals surface area contributed by atoms with Gasteiger partial charge in [0.1, 0.15) is 17.0 Å². The molecule has 0 unspecified atom stereocenters. The number of amides is 3. The third-order valence-corrected chi connectivity index (χ3v) is 7.21. The van der Waals surface area contributed by atoms with E-state index in [-0.39, 0.29) is 23.1 Å². The smallest absolute Gasteiger partial charge is 0.420 e. The van der Waals surface area contributed by atoms with Crippen molar-refractivity contribution >= 4 is 29.8 Å². The molecule has 9 nitrogen and oxygen atoms in total. The van der Waals surface area contributed by atoms with Crippen LogP contribution in [-0.2, 0) is 30.3 Å². The van der Waals surface area contributed by atoms with Crippen molar-refractivity contribution < 1.29 is 37.8 Å². The first kappa shape index (κ1) is 29.4.